The number of hydrogen-bond donors (Lipinski definition) is 0. The van der Waals surface area contributed by atoms with Gasteiger partial charge in [0.25, 0.3) is 0 Å². The van der Waals surface area contributed by atoms with E-state index in [-0.39, 0.29) is 17.3 Å². The molecular formula is C6H9ClO2. The maximum Gasteiger partial charge on any atom is 0.160 e. The minimum absolute atomic E-state index is 0.0347. The summed E-state index contributed by atoms with van der Waals surface area (Å²) < 4.78 is 5.05. The van der Waals surface area contributed by atoms with Crippen molar-refractivity contribution >= 4 is 17.4 Å². The number of alkyl halides is 1. The van der Waals surface area contributed by atoms with Crippen LogP contribution in [0.2, 0.25) is 0 Å². The van der Waals surface area contributed by atoms with Crippen LogP contribution in [0, 0.1) is 0 Å². The van der Waals surface area contributed by atoms with Crippen molar-refractivity contribution in [2.24, 2.45) is 0 Å². The SMILES string of the molecule is CC(=O)C1OCCC1Cl. The number of ketones is 1. The Morgan fingerprint density at radius 1 is 1.78 bits per heavy atom. The molecule has 52 valence electrons. The first-order valence-electron chi connectivity index (χ1n) is 2.98. The average molecular weight is 149 g/mol. The quantitative estimate of drug-likeness (QED) is 0.518. The van der Waals surface area contributed by atoms with Crippen molar-refractivity contribution in [2.45, 2.75) is 24.8 Å². The summed E-state index contributed by atoms with van der Waals surface area (Å²) in [6.07, 6.45) is 0.456. The predicted octanol–water partition coefficient (Wildman–Crippen LogP) is 0.972. The van der Waals surface area contributed by atoms with Crippen LogP contribution in [0.5, 0.6) is 0 Å². The van der Waals surface area contributed by atoms with Gasteiger partial charge in [-0.25, -0.2) is 0 Å². The lowest BCUT2D eigenvalue weighted by molar-refractivity contribution is -0.125. The molecule has 2 unspecified atom stereocenters. The average Bonchev–Trinajstić information content (AvgIpc) is 2.13. The van der Waals surface area contributed by atoms with Crippen LogP contribution in [0.15, 0.2) is 0 Å². The molecule has 0 bridgehead atoms. The molecule has 0 spiro atoms. The number of carbonyl (C=O) groups is 1. The van der Waals surface area contributed by atoms with Crippen molar-refractivity contribution in [3.63, 3.8) is 0 Å². The highest BCUT2D eigenvalue weighted by Gasteiger charge is 2.29. The smallest absolute Gasteiger partial charge is 0.160 e. The van der Waals surface area contributed by atoms with Gasteiger partial charge in [0.2, 0.25) is 0 Å². The molecule has 0 aromatic heterocycles. The van der Waals surface area contributed by atoms with Crippen molar-refractivity contribution in [1.82, 2.24) is 0 Å². The van der Waals surface area contributed by atoms with Crippen LogP contribution in [0.25, 0.3) is 0 Å². The lowest BCUT2D eigenvalue weighted by Gasteiger charge is -2.06. The van der Waals surface area contributed by atoms with Crippen LogP contribution in [-0.2, 0) is 9.53 Å². The van der Waals surface area contributed by atoms with Crippen LogP contribution < -0.4 is 0 Å². The summed E-state index contributed by atoms with van der Waals surface area (Å²) in [6, 6.07) is 0. The van der Waals surface area contributed by atoms with E-state index in [0.717, 1.165) is 6.42 Å². The number of rotatable bonds is 1. The molecule has 3 heteroatoms. The van der Waals surface area contributed by atoms with Crippen molar-refractivity contribution in [3.8, 4) is 0 Å². The Labute approximate surface area is 59.1 Å². The topological polar surface area (TPSA) is 26.3 Å². The van der Waals surface area contributed by atoms with Gasteiger partial charge in [-0.1, -0.05) is 0 Å². The summed E-state index contributed by atoms with van der Waals surface area (Å²) >= 11 is 5.73. The van der Waals surface area contributed by atoms with E-state index in [1.54, 1.807) is 0 Å². The van der Waals surface area contributed by atoms with Gasteiger partial charge in [0.05, 0.1) is 5.38 Å². The number of halogens is 1. The number of carbonyl (C=O) groups excluding carboxylic acids is 1. The molecule has 0 aromatic carbocycles. The van der Waals surface area contributed by atoms with Crippen LogP contribution >= 0.6 is 11.6 Å². The van der Waals surface area contributed by atoms with E-state index >= 15 is 0 Å². The molecule has 2 nitrogen and oxygen atoms in total. The molecule has 9 heavy (non-hydrogen) atoms. The summed E-state index contributed by atoms with van der Waals surface area (Å²) in [5, 5.41) is -0.0949. The van der Waals surface area contributed by atoms with E-state index < -0.39 is 0 Å². The first-order valence-corrected chi connectivity index (χ1v) is 3.41. The maximum atomic E-state index is 10.6. The van der Waals surface area contributed by atoms with Gasteiger partial charge in [-0.3, -0.25) is 4.79 Å². The molecule has 1 aliphatic heterocycles. The maximum absolute atomic E-state index is 10.6. The third-order valence-corrected chi connectivity index (χ3v) is 1.87. The third-order valence-electron chi connectivity index (χ3n) is 1.42. The Balaban J connectivity index is 2.49. The molecule has 1 aliphatic rings. The molecule has 0 aliphatic carbocycles. The van der Waals surface area contributed by atoms with Crippen molar-refractivity contribution in [1.29, 1.82) is 0 Å². The molecule has 1 fully saturated rings. The molecule has 2 atom stereocenters. The Bertz CT molecular complexity index is 124. The Morgan fingerprint density at radius 3 is 2.67 bits per heavy atom. The van der Waals surface area contributed by atoms with Crippen molar-refractivity contribution in [3.05, 3.63) is 0 Å². The summed E-state index contributed by atoms with van der Waals surface area (Å²) in [6.45, 7) is 2.13. The summed E-state index contributed by atoms with van der Waals surface area (Å²) in [5.41, 5.74) is 0. The molecule has 0 radical (unpaired) electrons. The van der Waals surface area contributed by atoms with E-state index in [1.807, 2.05) is 0 Å². The fourth-order valence-corrected chi connectivity index (χ4v) is 1.27. The van der Waals surface area contributed by atoms with E-state index in [9.17, 15) is 4.79 Å². The molecule has 0 aromatic rings. The predicted molar refractivity (Wildman–Crippen MR) is 34.7 cm³/mol. The normalized spacial score (nSPS) is 34.9. The summed E-state index contributed by atoms with van der Waals surface area (Å²) in [7, 11) is 0. The van der Waals surface area contributed by atoms with Gasteiger partial charge in [-0.2, -0.15) is 0 Å². The minimum atomic E-state index is -0.341. The summed E-state index contributed by atoms with van der Waals surface area (Å²) in [4.78, 5) is 10.6. The second kappa shape index (κ2) is 2.67. The highest BCUT2D eigenvalue weighted by Crippen LogP contribution is 2.19. The number of Topliss-reactive ketones (excluding diaryl/α,β-unsaturated/α-hetero) is 1. The van der Waals surface area contributed by atoms with Crippen LogP contribution in [-0.4, -0.2) is 23.9 Å². The van der Waals surface area contributed by atoms with Crippen LogP contribution in [0.1, 0.15) is 13.3 Å². The summed E-state index contributed by atoms with van der Waals surface area (Å²) in [5.74, 6) is 0.0347. The van der Waals surface area contributed by atoms with Gasteiger partial charge in [0.1, 0.15) is 6.10 Å². The molecule has 0 amide bonds. The molecular weight excluding hydrogens is 140 g/mol. The van der Waals surface area contributed by atoms with Gasteiger partial charge >= 0.3 is 0 Å². The first kappa shape index (κ1) is 7.03. The standard InChI is InChI=1S/C6H9ClO2/c1-4(8)6-5(7)2-3-9-6/h5-6H,2-3H2,1H3. The molecule has 1 saturated heterocycles. The highest BCUT2D eigenvalue weighted by atomic mass is 35.5. The Morgan fingerprint density at radius 2 is 2.44 bits per heavy atom. The fourth-order valence-electron chi connectivity index (χ4n) is 0.935. The third kappa shape index (κ3) is 1.43. The second-order valence-electron chi connectivity index (χ2n) is 2.21. The molecule has 1 heterocycles. The zero-order valence-corrected chi connectivity index (χ0v) is 6.02. The Hall–Kier alpha value is -0.0800. The monoisotopic (exact) mass is 148 g/mol. The second-order valence-corrected chi connectivity index (χ2v) is 2.77. The van der Waals surface area contributed by atoms with Crippen molar-refractivity contribution in [2.75, 3.05) is 6.61 Å². The number of hydrogen-bond acceptors (Lipinski definition) is 2. The van der Waals surface area contributed by atoms with Gasteiger partial charge in [0, 0.05) is 6.61 Å². The minimum Gasteiger partial charge on any atom is -0.369 e. The van der Waals surface area contributed by atoms with E-state index in [4.69, 9.17) is 16.3 Å². The Kier molecular flexibility index (Phi) is 2.09. The highest BCUT2D eigenvalue weighted by molar-refractivity contribution is 6.22. The van der Waals surface area contributed by atoms with Gasteiger partial charge in [-0.15, -0.1) is 11.6 Å². The number of ether oxygens (including phenoxy) is 1. The van der Waals surface area contributed by atoms with E-state index in [0.29, 0.717) is 6.61 Å². The van der Waals surface area contributed by atoms with Gasteiger partial charge in [0.15, 0.2) is 5.78 Å². The van der Waals surface area contributed by atoms with E-state index in [2.05, 4.69) is 0 Å². The largest absolute Gasteiger partial charge is 0.369 e. The van der Waals surface area contributed by atoms with Crippen LogP contribution in [0.4, 0.5) is 0 Å². The zero-order chi connectivity index (χ0) is 6.85. The zero-order valence-electron chi connectivity index (χ0n) is 5.26. The van der Waals surface area contributed by atoms with Crippen molar-refractivity contribution < 1.29 is 9.53 Å². The first-order chi connectivity index (χ1) is 4.22. The van der Waals surface area contributed by atoms with E-state index in [1.165, 1.54) is 6.92 Å². The van der Waals surface area contributed by atoms with Gasteiger partial charge in [-0.05, 0) is 13.3 Å². The lowest BCUT2D eigenvalue weighted by Crippen LogP contribution is -2.24. The molecule has 0 saturated carbocycles. The lowest BCUT2D eigenvalue weighted by atomic mass is 10.2. The molecule has 0 N–H and O–H groups in total. The molecule has 1 rings (SSSR count). The van der Waals surface area contributed by atoms with Gasteiger partial charge < -0.3 is 4.74 Å². The van der Waals surface area contributed by atoms with Crippen LogP contribution in [0.3, 0.4) is 0 Å². The fraction of sp³-hybridized carbons (Fsp3) is 0.833.